The minimum atomic E-state index is -3.75. The van der Waals surface area contributed by atoms with Gasteiger partial charge in [-0.1, -0.05) is 54.6 Å². The van der Waals surface area contributed by atoms with Gasteiger partial charge in [0.05, 0.1) is 17.5 Å². The maximum atomic E-state index is 12.5. The van der Waals surface area contributed by atoms with Crippen LogP contribution in [0.25, 0.3) is 6.08 Å². The van der Waals surface area contributed by atoms with Gasteiger partial charge in [0.1, 0.15) is 4.21 Å². The van der Waals surface area contributed by atoms with Crippen molar-refractivity contribution in [1.29, 1.82) is 0 Å². The van der Waals surface area contributed by atoms with Crippen LogP contribution in [0.15, 0.2) is 87.0 Å². The van der Waals surface area contributed by atoms with Crippen LogP contribution in [0.5, 0.6) is 0 Å². The molecule has 148 valence electrons. The lowest BCUT2D eigenvalue weighted by atomic mass is 10.1. The number of hydrogen-bond donors (Lipinski definition) is 2. The number of hydrogen-bond acceptors (Lipinski definition) is 5. The summed E-state index contributed by atoms with van der Waals surface area (Å²) in [5.41, 5.74) is 4.67. The highest BCUT2D eigenvalue weighted by atomic mass is 32.2. The Morgan fingerprint density at radius 2 is 1.72 bits per heavy atom. The average Bonchev–Trinajstić information content (AvgIpc) is 3.25. The summed E-state index contributed by atoms with van der Waals surface area (Å²) in [6.07, 6.45) is 3.46. The number of anilines is 1. The first kappa shape index (κ1) is 20.5. The molecule has 0 bridgehead atoms. The monoisotopic (exact) mass is 425 g/mol. The van der Waals surface area contributed by atoms with E-state index in [1.807, 2.05) is 43.3 Å². The van der Waals surface area contributed by atoms with Gasteiger partial charge in [0.25, 0.3) is 15.9 Å². The second kappa shape index (κ2) is 9.31. The van der Waals surface area contributed by atoms with Gasteiger partial charge in [-0.2, -0.15) is 5.10 Å². The van der Waals surface area contributed by atoms with Gasteiger partial charge in [-0.3, -0.25) is 9.52 Å². The Balaban J connectivity index is 1.71. The van der Waals surface area contributed by atoms with E-state index in [2.05, 4.69) is 15.2 Å². The summed E-state index contributed by atoms with van der Waals surface area (Å²) in [4.78, 5) is 12.5. The van der Waals surface area contributed by atoms with Crippen LogP contribution < -0.4 is 10.1 Å². The highest BCUT2D eigenvalue weighted by Crippen LogP contribution is 2.22. The summed E-state index contributed by atoms with van der Waals surface area (Å²) in [5.74, 6) is -0.516. The van der Waals surface area contributed by atoms with Gasteiger partial charge in [-0.15, -0.1) is 11.3 Å². The topological polar surface area (TPSA) is 87.6 Å². The van der Waals surface area contributed by atoms with Crippen LogP contribution in [-0.2, 0) is 10.0 Å². The molecule has 0 saturated heterocycles. The summed E-state index contributed by atoms with van der Waals surface area (Å²) >= 11 is 1.10. The fraction of sp³-hybridized carbons (Fsp3) is 0.0476. The molecule has 0 unspecified atom stereocenters. The molecule has 0 aliphatic carbocycles. The Morgan fingerprint density at radius 1 is 1.00 bits per heavy atom. The number of para-hydroxylation sites is 1. The van der Waals surface area contributed by atoms with Crippen molar-refractivity contribution in [3.05, 3.63) is 88.8 Å². The molecule has 6 nitrogen and oxygen atoms in total. The molecule has 0 atom stereocenters. The van der Waals surface area contributed by atoms with Crippen LogP contribution in [-0.4, -0.2) is 20.5 Å². The van der Waals surface area contributed by atoms with Crippen molar-refractivity contribution >= 4 is 45.2 Å². The van der Waals surface area contributed by atoms with E-state index in [4.69, 9.17) is 0 Å². The number of nitrogens with zero attached hydrogens (tertiary/aromatic N) is 1. The van der Waals surface area contributed by atoms with E-state index in [1.165, 1.54) is 24.4 Å². The molecule has 0 radical (unpaired) electrons. The van der Waals surface area contributed by atoms with Crippen molar-refractivity contribution in [2.24, 2.45) is 5.10 Å². The quantitative estimate of drug-likeness (QED) is 0.435. The number of amides is 1. The zero-order valence-electron chi connectivity index (χ0n) is 15.6. The van der Waals surface area contributed by atoms with Crippen molar-refractivity contribution in [1.82, 2.24) is 5.43 Å². The van der Waals surface area contributed by atoms with Crippen LogP contribution in [0.4, 0.5) is 5.69 Å². The van der Waals surface area contributed by atoms with E-state index in [0.29, 0.717) is 0 Å². The first-order valence-electron chi connectivity index (χ1n) is 8.68. The summed E-state index contributed by atoms with van der Waals surface area (Å²) in [7, 11) is -3.75. The van der Waals surface area contributed by atoms with Crippen molar-refractivity contribution in [2.75, 3.05) is 4.72 Å². The van der Waals surface area contributed by atoms with Gasteiger partial charge in [0.2, 0.25) is 0 Å². The highest BCUT2D eigenvalue weighted by molar-refractivity contribution is 7.94. The van der Waals surface area contributed by atoms with Crippen LogP contribution in [0, 0.1) is 0 Å². The number of rotatable bonds is 7. The largest absolute Gasteiger partial charge is 0.278 e. The Bertz CT molecular complexity index is 1140. The molecule has 2 N–H and O–H groups in total. The molecule has 1 aromatic heterocycles. The van der Waals surface area contributed by atoms with E-state index in [9.17, 15) is 13.2 Å². The van der Waals surface area contributed by atoms with E-state index < -0.39 is 15.9 Å². The van der Waals surface area contributed by atoms with Gasteiger partial charge in [0.15, 0.2) is 0 Å². The predicted molar refractivity (Wildman–Crippen MR) is 118 cm³/mol. The summed E-state index contributed by atoms with van der Waals surface area (Å²) in [5, 5.41) is 5.64. The molecule has 3 aromatic rings. The standard InChI is InChI=1S/C21H19N3O3S2/c1-16(14-17-8-3-2-4-9-17)15-22-23-21(25)18-10-5-6-11-19(18)24-29(26,27)20-12-7-13-28-20/h2-15,24H,1H3,(H,23,25)/b16-14+,22-15-. The average molecular weight is 426 g/mol. The molecule has 29 heavy (non-hydrogen) atoms. The molecule has 0 aliphatic rings. The Morgan fingerprint density at radius 3 is 2.45 bits per heavy atom. The first-order chi connectivity index (χ1) is 14.0. The van der Waals surface area contributed by atoms with Gasteiger partial charge in [-0.25, -0.2) is 13.8 Å². The van der Waals surface area contributed by atoms with Crippen molar-refractivity contribution in [3.63, 3.8) is 0 Å². The summed E-state index contributed by atoms with van der Waals surface area (Å²) < 4.78 is 27.5. The van der Waals surface area contributed by atoms with Crippen LogP contribution in [0.2, 0.25) is 0 Å². The maximum Gasteiger partial charge on any atom is 0.273 e. The molecule has 8 heteroatoms. The summed E-state index contributed by atoms with van der Waals surface area (Å²) in [6.45, 7) is 1.87. The molecule has 3 rings (SSSR count). The lowest BCUT2D eigenvalue weighted by molar-refractivity contribution is 0.0956. The normalized spacial score (nSPS) is 12.1. The molecular weight excluding hydrogens is 406 g/mol. The number of hydrazone groups is 1. The molecule has 0 saturated carbocycles. The Kier molecular flexibility index (Phi) is 6.58. The Labute approximate surface area is 173 Å². The highest BCUT2D eigenvalue weighted by Gasteiger charge is 2.19. The lowest BCUT2D eigenvalue weighted by Gasteiger charge is -2.10. The van der Waals surface area contributed by atoms with Crippen molar-refractivity contribution in [2.45, 2.75) is 11.1 Å². The third-order valence-corrected chi connectivity index (χ3v) is 6.57. The smallest absolute Gasteiger partial charge is 0.273 e. The zero-order valence-corrected chi connectivity index (χ0v) is 17.2. The van der Waals surface area contributed by atoms with E-state index in [0.717, 1.165) is 22.5 Å². The third kappa shape index (κ3) is 5.63. The van der Waals surface area contributed by atoms with Gasteiger partial charge >= 0.3 is 0 Å². The molecule has 0 fully saturated rings. The van der Waals surface area contributed by atoms with E-state index in [1.54, 1.807) is 23.6 Å². The SMILES string of the molecule is CC(/C=N\NC(=O)c1ccccc1NS(=O)(=O)c1cccs1)=C\c1ccccc1. The number of carbonyl (C=O) groups excluding carboxylic acids is 1. The van der Waals surface area contributed by atoms with E-state index in [-0.39, 0.29) is 15.5 Å². The molecular formula is C21H19N3O3S2. The van der Waals surface area contributed by atoms with Crippen molar-refractivity contribution < 1.29 is 13.2 Å². The minimum absolute atomic E-state index is 0.174. The number of thiophene rings is 1. The summed E-state index contributed by atoms with van der Waals surface area (Å²) in [6, 6.07) is 19.3. The second-order valence-electron chi connectivity index (χ2n) is 6.08. The lowest BCUT2D eigenvalue weighted by Crippen LogP contribution is -2.21. The molecule has 0 spiro atoms. The van der Waals surface area contributed by atoms with Crippen LogP contribution in [0.3, 0.4) is 0 Å². The number of benzene rings is 2. The van der Waals surface area contributed by atoms with Crippen LogP contribution in [0.1, 0.15) is 22.8 Å². The zero-order chi connectivity index (χ0) is 20.7. The molecule has 0 aliphatic heterocycles. The van der Waals surface area contributed by atoms with Crippen LogP contribution >= 0.6 is 11.3 Å². The number of sulfonamides is 1. The van der Waals surface area contributed by atoms with Gasteiger partial charge in [0, 0.05) is 0 Å². The molecule has 1 heterocycles. The third-order valence-electron chi connectivity index (χ3n) is 3.80. The van der Waals surface area contributed by atoms with Gasteiger partial charge < -0.3 is 0 Å². The molecule has 1 amide bonds. The number of nitrogens with one attached hydrogen (secondary N) is 2. The van der Waals surface area contributed by atoms with Gasteiger partial charge in [-0.05, 0) is 41.6 Å². The fourth-order valence-corrected chi connectivity index (χ4v) is 4.56. The van der Waals surface area contributed by atoms with E-state index >= 15 is 0 Å². The van der Waals surface area contributed by atoms with Crippen molar-refractivity contribution in [3.8, 4) is 0 Å². The Hall–Kier alpha value is -3.23. The minimum Gasteiger partial charge on any atom is -0.278 e. The first-order valence-corrected chi connectivity index (χ1v) is 11.0. The number of allylic oxidation sites excluding steroid dienone is 1. The fourth-order valence-electron chi connectivity index (χ4n) is 2.48. The second-order valence-corrected chi connectivity index (χ2v) is 8.94. The predicted octanol–water partition coefficient (Wildman–Crippen LogP) is 4.37. The molecule has 2 aromatic carbocycles. The maximum absolute atomic E-state index is 12.5. The number of carbonyl (C=O) groups is 1.